The lowest BCUT2D eigenvalue weighted by Gasteiger charge is -2.26. The van der Waals surface area contributed by atoms with Crippen LogP contribution >= 0.6 is 0 Å². The smallest absolute Gasteiger partial charge is 0.418 e. The van der Waals surface area contributed by atoms with E-state index < -0.39 is 5.60 Å². The van der Waals surface area contributed by atoms with Crippen LogP contribution < -0.4 is 5.32 Å². The van der Waals surface area contributed by atoms with Gasteiger partial charge in [-0.15, -0.1) is 0 Å². The Morgan fingerprint density at radius 1 is 1.23 bits per heavy atom. The van der Waals surface area contributed by atoms with Gasteiger partial charge >= 0.3 is 6.09 Å². The van der Waals surface area contributed by atoms with Crippen LogP contribution in [0.3, 0.4) is 0 Å². The topological polar surface area (TPSA) is 43.3 Å². The van der Waals surface area contributed by atoms with Gasteiger partial charge in [-0.1, -0.05) is 24.3 Å². The molecule has 1 aromatic heterocycles. The first-order valence-electron chi connectivity index (χ1n) is 8.00. The Kier molecular flexibility index (Phi) is 3.96. The molecule has 0 radical (unpaired) electrons. The van der Waals surface area contributed by atoms with Crippen molar-refractivity contribution in [3.63, 3.8) is 0 Å². The number of carbonyl (C=O) groups excluding carboxylic acids is 1. The van der Waals surface area contributed by atoms with Gasteiger partial charge in [0.25, 0.3) is 0 Å². The number of ether oxygens (including phenoxy) is 1. The van der Waals surface area contributed by atoms with Crippen molar-refractivity contribution in [3.8, 4) is 0 Å². The Hall–Kier alpha value is -1.81. The van der Waals surface area contributed by atoms with E-state index in [0.29, 0.717) is 5.92 Å². The molecule has 4 heteroatoms. The summed E-state index contributed by atoms with van der Waals surface area (Å²) in [5.74, 6) is 0.397. The molecular weight excluding hydrogens is 276 g/mol. The Morgan fingerprint density at radius 3 is 2.59 bits per heavy atom. The highest BCUT2D eigenvalue weighted by Crippen LogP contribution is 2.33. The highest BCUT2D eigenvalue weighted by Gasteiger charge is 2.26. The molecule has 118 valence electrons. The summed E-state index contributed by atoms with van der Waals surface area (Å²) in [5, 5.41) is 5.65. The number of rotatable bonds is 1. The molecule has 1 aliphatic rings. The fourth-order valence-electron chi connectivity index (χ4n) is 3.16. The van der Waals surface area contributed by atoms with Crippen molar-refractivity contribution < 1.29 is 9.53 Å². The van der Waals surface area contributed by atoms with E-state index in [1.165, 1.54) is 5.39 Å². The normalized spacial score (nSPS) is 16.9. The van der Waals surface area contributed by atoms with Gasteiger partial charge in [0, 0.05) is 28.6 Å². The van der Waals surface area contributed by atoms with E-state index in [1.54, 1.807) is 4.57 Å². The van der Waals surface area contributed by atoms with Crippen molar-refractivity contribution in [2.75, 3.05) is 13.1 Å². The minimum atomic E-state index is -0.487. The second-order valence-electron chi connectivity index (χ2n) is 6.98. The van der Waals surface area contributed by atoms with Crippen LogP contribution in [0.1, 0.15) is 45.2 Å². The zero-order valence-corrected chi connectivity index (χ0v) is 13.6. The summed E-state index contributed by atoms with van der Waals surface area (Å²) < 4.78 is 7.32. The maximum absolute atomic E-state index is 12.6. The minimum absolute atomic E-state index is 0.280. The largest absolute Gasteiger partial charge is 0.443 e. The quantitative estimate of drug-likeness (QED) is 0.869. The van der Waals surface area contributed by atoms with Gasteiger partial charge in [0.2, 0.25) is 0 Å². The van der Waals surface area contributed by atoms with E-state index in [1.807, 2.05) is 39.1 Å². The van der Waals surface area contributed by atoms with Crippen LogP contribution in [0.4, 0.5) is 4.79 Å². The number of aromatic nitrogens is 1. The van der Waals surface area contributed by atoms with Crippen molar-refractivity contribution in [1.82, 2.24) is 9.88 Å². The maximum atomic E-state index is 12.6. The second kappa shape index (κ2) is 5.76. The molecule has 1 fully saturated rings. The molecule has 0 aliphatic carbocycles. The van der Waals surface area contributed by atoms with E-state index in [-0.39, 0.29) is 6.09 Å². The van der Waals surface area contributed by atoms with Crippen molar-refractivity contribution in [2.45, 2.75) is 45.1 Å². The van der Waals surface area contributed by atoms with Crippen LogP contribution in [0.2, 0.25) is 0 Å². The van der Waals surface area contributed by atoms with Gasteiger partial charge in [-0.05, 0) is 46.7 Å². The van der Waals surface area contributed by atoms with Crippen molar-refractivity contribution in [2.24, 2.45) is 0 Å². The fourth-order valence-corrected chi connectivity index (χ4v) is 3.16. The number of fused-ring (bicyclic) bond motifs is 1. The third kappa shape index (κ3) is 3.02. The molecule has 0 atom stereocenters. The van der Waals surface area contributed by atoms with Gasteiger partial charge < -0.3 is 10.1 Å². The van der Waals surface area contributed by atoms with Crippen LogP contribution in [-0.4, -0.2) is 29.4 Å². The Labute approximate surface area is 131 Å². The Balaban J connectivity index is 2.06. The Morgan fingerprint density at radius 2 is 1.91 bits per heavy atom. The monoisotopic (exact) mass is 300 g/mol. The zero-order chi connectivity index (χ0) is 15.7. The fraction of sp³-hybridized carbons (Fsp3) is 0.500. The maximum Gasteiger partial charge on any atom is 0.418 e. The molecule has 1 N–H and O–H groups in total. The number of carbonyl (C=O) groups is 1. The first-order valence-corrected chi connectivity index (χ1v) is 8.00. The number of piperidine rings is 1. The van der Waals surface area contributed by atoms with E-state index in [0.717, 1.165) is 37.0 Å². The highest BCUT2D eigenvalue weighted by atomic mass is 16.6. The average Bonchev–Trinajstić information content (AvgIpc) is 2.86. The third-order valence-corrected chi connectivity index (χ3v) is 4.08. The van der Waals surface area contributed by atoms with Crippen LogP contribution in [0, 0.1) is 0 Å². The molecule has 1 aliphatic heterocycles. The lowest BCUT2D eigenvalue weighted by molar-refractivity contribution is 0.0531. The van der Waals surface area contributed by atoms with Gasteiger partial charge in [0.05, 0.1) is 0 Å². The van der Waals surface area contributed by atoms with Gasteiger partial charge in [0.1, 0.15) is 5.60 Å². The number of benzene rings is 1. The predicted molar refractivity (Wildman–Crippen MR) is 88.4 cm³/mol. The zero-order valence-electron chi connectivity index (χ0n) is 13.6. The van der Waals surface area contributed by atoms with Crippen LogP contribution in [0.5, 0.6) is 0 Å². The molecule has 0 spiro atoms. The molecule has 0 bridgehead atoms. The molecule has 2 aromatic rings. The van der Waals surface area contributed by atoms with E-state index >= 15 is 0 Å². The molecule has 0 saturated carbocycles. The van der Waals surface area contributed by atoms with Crippen molar-refractivity contribution in [3.05, 3.63) is 36.2 Å². The number of hydrogen-bond donors (Lipinski definition) is 1. The molecule has 4 nitrogen and oxygen atoms in total. The van der Waals surface area contributed by atoms with Gasteiger partial charge in [-0.25, -0.2) is 4.79 Å². The third-order valence-electron chi connectivity index (χ3n) is 4.08. The van der Waals surface area contributed by atoms with E-state index in [9.17, 15) is 4.79 Å². The average molecular weight is 300 g/mol. The van der Waals surface area contributed by atoms with Gasteiger partial charge in [0.15, 0.2) is 0 Å². The van der Waals surface area contributed by atoms with Gasteiger partial charge in [-0.3, -0.25) is 4.57 Å². The molecule has 2 heterocycles. The molecular formula is C18H24N2O2. The Bertz CT molecular complexity index is 676. The molecule has 1 saturated heterocycles. The highest BCUT2D eigenvalue weighted by molar-refractivity contribution is 5.91. The number of hydrogen-bond acceptors (Lipinski definition) is 3. The molecule has 0 unspecified atom stereocenters. The summed E-state index contributed by atoms with van der Waals surface area (Å²) in [6.45, 7) is 7.70. The SMILES string of the molecule is CC(C)(C)OC(=O)n1cc2ccccc2c1C1CCNCC1. The summed E-state index contributed by atoms with van der Waals surface area (Å²) >= 11 is 0. The summed E-state index contributed by atoms with van der Waals surface area (Å²) in [5.41, 5.74) is 0.616. The van der Waals surface area contributed by atoms with Gasteiger partial charge in [-0.2, -0.15) is 0 Å². The summed E-state index contributed by atoms with van der Waals surface area (Å²) in [4.78, 5) is 12.6. The molecule has 0 amide bonds. The number of nitrogens with zero attached hydrogens (tertiary/aromatic N) is 1. The van der Waals surface area contributed by atoms with Crippen LogP contribution in [-0.2, 0) is 4.74 Å². The first kappa shape index (κ1) is 15.1. The molecule has 1 aromatic carbocycles. The lowest BCUT2D eigenvalue weighted by atomic mass is 9.92. The van der Waals surface area contributed by atoms with E-state index in [4.69, 9.17) is 4.74 Å². The summed E-state index contributed by atoms with van der Waals surface area (Å²) in [6.07, 6.45) is 3.74. The second-order valence-corrected chi connectivity index (χ2v) is 6.98. The molecule has 22 heavy (non-hydrogen) atoms. The lowest BCUT2D eigenvalue weighted by Crippen LogP contribution is -2.31. The van der Waals surface area contributed by atoms with Crippen molar-refractivity contribution >= 4 is 16.9 Å². The van der Waals surface area contributed by atoms with Crippen LogP contribution in [0.25, 0.3) is 10.8 Å². The number of nitrogens with one attached hydrogen (secondary N) is 1. The summed E-state index contributed by atoms with van der Waals surface area (Å²) in [7, 11) is 0. The van der Waals surface area contributed by atoms with Crippen LogP contribution in [0.15, 0.2) is 30.5 Å². The predicted octanol–water partition coefficient (Wildman–Crippen LogP) is 3.89. The van der Waals surface area contributed by atoms with E-state index in [2.05, 4.69) is 17.4 Å². The van der Waals surface area contributed by atoms with Crippen molar-refractivity contribution in [1.29, 1.82) is 0 Å². The standard InChI is InChI=1S/C18H24N2O2/c1-18(2,3)22-17(21)20-12-14-6-4-5-7-15(14)16(20)13-8-10-19-11-9-13/h4-7,12-13,19H,8-11H2,1-3H3. The first-order chi connectivity index (χ1) is 10.5. The minimum Gasteiger partial charge on any atom is -0.443 e. The summed E-state index contributed by atoms with van der Waals surface area (Å²) in [6, 6.07) is 8.20. The molecule has 3 rings (SSSR count).